The highest BCUT2D eigenvalue weighted by molar-refractivity contribution is 7.00. The Hall–Kier alpha value is -5.54. The van der Waals surface area contributed by atoms with Crippen molar-refractivity contribution in [1.82, 2.24) is 0 Å². The zero-order valence-electron chi connectivity index (χ0n) is 42.4. The quantitative estimate of drug-likeness (QED) is 0.129. The molecule has 2 aliphatic carbocycles. The third-order valence-electron chi connectivity index (χ3n) is 15.0. The van der Waals surface area contributed by atoms with E-state index in [-0.39, 0.29) is 34.3 Å². The van der Waals surface area contributed by atoms with Crippen molar-refractivity contribution in [2.24, 2.45) is 5.41 Å². The summed E-state index contributed by atoms with van der Waals surface area (Å²) < 4.78 is 27.4. The fourth-order valence-electron chi connectivity index (χ4n) is 11.2. The molecular weight excluding hydrogens is 759 g/mol. The Kier molecular flexibility index (Phi) is 8.74. The van der Waals surface area contributed by atoms with Gasteiger partial charge in [-0.05, 0) is 146 Å². The van der Waals surface area contributed by atoms with Gasteiger partial charge < -0.3 is 9.80 Å². The number of allylic oxidation sites excluding steroid dienone is 3. The second kappa shape index (κ2) is 14.5. The van der Waals surface area contributed by atoms with Crippen molar-refractivity contribution in [3.8, 4) is 11.1 Å². The molecule has 0 bridgehead atoms. The lowest BCUT2D eigenvalue weighted by Crippen LogP contribution is -2.62. The first kappa shape index (κ1) is 38.0. The standard InChI is InChI=1S/C60H65BN2/c1-38-31-54-56-55(32-38)63(51-28-25-44(58(6,7)8)35-45(51)41-21-17-14-18-22-41)52-26-23-42(40-19-15-13-16-20-40)34-48(52)61(56)49-36-46-47(60(11,12)30-29-59(46,9)10)37-53(49)62(54)50-27-24-43(33-39(50)2)57(3,4)5/h13-24,26-28,31-37,45H,25,29-30H2,1-12H3/i1D3. The summed E-state index contributed by atoms with van der Waals surface area (Å²) in [6, 6.07) is 44.7. The minimum absolute atomic E-state index is 0.0169. The SMILES string of the molecule is [2H]C([2H])([2H])c1cc2c3c(c1)N(c1ccc(C(C)(C)C)cc1C)c1cc4c(cc1B3c1cc(-c3ccccc3)ccc1N2C1=CCC(C(C)(C)C)=CC1c1ccccc1)C(C)(C)CCC4(C)C. The highest BCUT2D eigenvalue weighted by Gasteiger charge is 2.47. The van der Waals surface area contributed by atoms with Crippen molar-refractivity contribution in [2.75, 3.05) is 9.80 Å². The predicted octanol–water partition coefficient (Wildman–Crippen LogP) is 14.4. The van der Waals surface area contributed by atoms with Gasteiger partial charge in [0.1, 0.15) is 0 Å². The lowest BCUT2D eigenvalue weighted by molar-refractivity contribution is 0.332. The third kappa shape index (κ3) is 6.84. The predicted molar refractivity (Wildman–Crippen MR) is 273 cm³/mol. The average Bonchev–Trinajstić information content (AvgIpc) is 3.27. The maximum Gasteiger partial charge on any atom is 0.252 e. The smallest absolute Gasteiger partial charge is 0.252 e. The van der Waals surface area contributed by atoms with E-state index in [0.29, 0.717) is 5.56 Å². The van der Waals surface area contributed by atoms with Crippen LogP contribution < -0.4 is 26.2 Å². The summed E-state index contributed by atoms with van der Waals surface area (Å²) in [5.41, 5.74) is 20.5. The van der Waals surface area contributed by atoms with Gasteiger partial charge in [-0.25, -0.2) is 0 Å². The van der Waals surface area contributed by atoms with E-state index in [1.54, 1.807) is 0 Å². The second-order valence-corrected chi connectivity index (χ2v) is 22.3. The van der Waals surface area contributed by atoms with Gasteiger partial charge in [0.05, 0.1) is 0 Å². The van der Waals surface area contributed by atoms with Crippen molar-refractivity contribution < 1.29 is 4.11 Å². The molecule has 0 radical (unpaired) electrons. The van der Waals surface area contributed by atoms with E-state index < -0.39 is 6.85 Å². The summed E-state index contributed by atoms with van der Waals surface area (Å²) >= 11 is 0. The van der Waals surface area contributed by atoms with Crippen molar-refractivity contribution in [1.29, 1.82) is 0 Å². The van der Waals surface area contributed by atoms with Crippen molar-refractivity contribution in [3.63, 3.8) is 0 Å². The van der Waals surface area contributed by atoms with Crippen LogP contribution in [0.15, 0.2) is 145 Å². The number of fused-ring (bicyclic) bond motifs is 5. The van der Waals surface area contributed by atoms with Crippen LogP contribution in [0.2, 0.25) is 0 Å². The Morgan fingerprint density at radius 2 is 1.22 bits per heavy atom. The number of nitrogens with zero attached hydrogens (tertiary/aromatic N) is 2. The number of benzene rings is 6. The molecule has 1 unspecified atom stereocenters. The summed E-state index contributed by atoms with van der Waals surface area (Å²) in [4.78, 5) is 4.91. The van der Waals surface area contributed by atoms with Gasteiger partial charge in [-0.1, -0.05) is 178 Å². The Bertz CT molecular complexity index is 2980. The molecule has 2 aliphatic heterocycles. The lowest BCUT2D eigenvalue weighted by Gasteiger charge is -2.48. The van der Waals surface area contributed by atoms with Crippen molar-refractivity contribution in [3.05, 3.63) is 178 Å². The van der Waals surface area contributed by atoms with E-state index in [1.165, 1.54) is 49.9 Å². The van der Waals surface area contributed by atoms with Crippen molar-refractivity contribution in [2.45, 2.75) is 124 Å². The molecule has 6 aromatic rings. The van der Waals surface area contributed by atoms with Gasteiger partial charge in [0.15, 0.2) is 0 Å². The van der Waals surface area contributed by atoms with E-state index in [2.05, 4.69) is 207 Å². The van der Waals surface area contributed by atoms with Gasteiger partial charge in [-0.3, -0.25) is 0 Å². The summed E-state index contributed by atoms with van der Waals surface area (Å²) in [7, 11) is 0. The van der Waals surface area contributed by atoms with Crippen LogP contribution in [0.25, 0.3) is 11.1 Å². The number of hydrogen-bond acceptors (Lipinski definition) is 2. The van der Waals surface area contributed by atoms with Gasteiger partial charge in [-0.2, -0.15) is 0 Å². The molecule has 0 amide bonds. The molecule has 0 spiro atoms. The van der Waals surface area contributed by atoms with E-state index in [4.69, 9.17) is 4.11 Å². The molecule has 1 atom stereocenters. The molecule has 2 heterocycles. The summed E-state index contributed by atoms with van der Waals surface area (Å²) in [6.07, 6.45) is 7.95. The largest absolute Gasteiger partial charge is 0.315 e. The van der Waals surface area contributed by atoms with Gasteiger partial charge >= 0.3 is 0 Å². The first-order chi connectivity index (χ1) is 31.0. The van der Waals surface area contributed by atoms with Crippen LogP contribution in [0, 0.1) is 19.2 Å². The molecule has 10 rings (SSSR count). The molecule has 0 saturated carbocycles. The van der Waals surface area contributed by atoms with Crippen LogP contribution in [0.3, 0.4) is 0 Å². The van der Waals surface area contributed by atoms with Gasteiger partial charge in [0, 0.05) is 44.2 Å². The summed E-state index contributed by atoms with van der Waals surface area (Å²) in [6.45, 7) is 23.1. The first-order valence-corrected chi connectivity index (χ1v) is 23.3. The zero-order chi connectivity index (χ0) is 46.9. The van der Waals surface area contributed by atoms with Crippen LogP contribution in [0.5, 0.6) is 0 Å². The molecule has 0 fully saturated rings. The minimum Gasteiger partial charge on any atom is -0.315 e. The number of hydrogen-bond donors (Lipinski definition) is 0. The van der Waals surface area contributed by atoms with Gasteiger partial charge in [-0.15, -0.1) is 0 Å². The molecule has 4 aliphatic rings. The van der Waals surface area contributed by atoms with Crippen molar-refractivity contribution >= 4 is 51.5 Å². The average molecular weight is 828 g/mol. The normalized spacial score (nSPS) is 19.4. The zero-order valence-corrected chi connectivity index (χ0v) is 39.4. The second-order valence-electron chi connectivity index (χ2n) is 22.3. The van der Waals surface area contributed by atoms with E-state index in [9.17, 15) is 0 Å². The van der Waals surface area contributed by atoms with Crippen LogP contribution in [0.4, 0.5) is 28.4 Å². The molecule has 0 N–H and O–H groups in total. The number of anilines is 5. The fraction of sp³-hybridized carbons (Fsp3) is 0.333. The highest BCUT2D eigenvalue weighted by atomic mass is 15.2. The lowest BCUT2D eigenvalue weighted by atomic mass is 9.33. The number of aryl methyl sites for hydroxylation is 2. The van der Waals surface area contributed by atoms with Crippen LogP contribution in [-0.4, -0.2) is 6.71 Å². The van der Waals surface area contributed by atoms with E-state index >= 15 is 0 Å². The summed E-state index contributed by atoms with van der Waals surface area (Å²) in [5.74, 6) is -0.0614. The number of rotatable bonds is 4. The molecule has 0 aromatic heterocycles. The van der Waals surface area contributed by atoms with Crippen LogP contribution >= 0.6 is 0 Å². The molecule has 0 saturated heterocycles. The van der Waals surface area contributed by atoms with Crippen LogP contribution in [0.1, 0.15) is 132 Å². The van der Waals surface area contributed by atoms with Crippen LogP contribution in [-0.2, 0) is 16.2 Å². The van der Waals surface area contributed by atoms with E-state index in [0.717, 1.165) is 64.4 Å². The molecule has 63 heavy (non-hydrogen) atoms. The molecule has 318 valence electrons. The Morgan fingerprint density at radius 1 is 0.603 bits per heavy atom. The maximum absolute atomic E-state index is 9.13. The Balaban J connectivity index is 1.35. The molecule has 3 heteroatoms. The molecular formula is C60H65BN2. The van der Waals surface area contributed by atoms with Gasteiger partial charge in [0.25, 0.3) is 6.71 Å². The Morgan fingerprint density at radius 3 is 1.86 bits per heavy atom. The third-order valence-corrected chi connectivity index (χ3v) is 15.0. The molecule has 2 nitrogen and oxygen atoms in total. The fourth-order valence-corrected chi connectivity index (χ4v) is 11.2. The minimum atomic E-state index is -2.36. The maximum atomic E-state index is 9.13. The van der Waals surface area contributed by atoms with Gasteiger partial charge in [0.2, 0.25) is 0 Å². The summed E-state index contributed by atoms with van der Waals surface area (Å²) in [5, 5.41) is 0. The first-order valence-electron chi connectivity index (χ1n) is 24.8. The molecule has 6 aromatic carbocycles. The topological polar surface area (TPSA) is 6.48 Å². The highest BCUT2D eigenvalue weighted by Crippen LogP contribution is 2.52. The Labute approximate surface area is 383 Å². The van der Waals surface area contributed by atoms with E-state index in [1.807, 2.05) is 12.1 Å². The monoisotopic (exact) mass is 828 g/mol.